The van der Waals surface area contributed by atoms with Crippen LogP contribution in [0.4, 0.5) is 14.5 Å². The summed E-state index contributed by atoms with van der Waals surface area (Å²) in [5.74, 6) is -5.95. The van der Waals surface area contributed by atoms with Crippen molar-refractivity contribution in [2.75, 3.05) is 18.9 Å². The van der Waals surface area contributed by atoms with Crippen LogP contribution in [-0.4, -0.2) is 59.1 Å². The molecule has 1 aromatic carbocycles. The number of likely N-dealkylation sites (tertiary alicyclic amines) is 1. The molecule has 1 saturated heterocycles. The Labute approximate surface area is 196 Å². The molecular formula is C23H29F2N5O4. The number of benzene rings is 1. The maximum absolute atomic E-state index is 13.9. The average Bonchev–Trinajstić information content (AvgIpc) is 3.10. The number of carbonyl (C=O) groups excluding carboxylic acids is 4. The summed E-state index contributed by atoms with van der Waals surface area (Å²) in [5.41, 5.74) is 3.08. The second-order valence-corrected chi connectivity index (χ2v) is 9.99. The monoisotopic (exact) mass is 477 g/mol. The fourth-order valence-corrected chi connectivity index (χ4v) is 3.86. The van der Waals surface area contributed by atoms with E-state index in [9.17, 15) is 33.2 Å². The van der Waals surface area contributed by atoms with Gasteiger partial charge in [0.1, 0.15) is 29.4 Å². The van der Waals surface area contributed by atoms with Crippen LogP contribution in [0.3, 0.4) is 0 Å². The Bertz CT molecular complexity index is 1030. The quantitative estimate of drug-likeness (QED) is 0.623. The Hall–Kier alpha value is -3.55. The van der Waals surface area contributed by atoms with Gasteiger partial charge in [-0.1, -0.05) is 26.8 Å². The summed E-state index contributed by atoms with van der Waals surface area (Å²) in [4.78, 5) is 52.9. The molecule has 3 atom stereocenters. The van der Waals surface area contributed by atoms with Crippen LogP contribution < -0.4 is 11.1 Å². The van der Waals surface area contributed by atoms with Crippen LogP contribution in [0.2, 0.25) is 0 Å². The van der Waals surface area contributed by atoms with Crippen molar-refractivity contribution < 1.29 is 28.0 Å². The minimum Gasteiger partial charge on any atom is -0.369 e. The van der Waals surface area contributed by atoms with E-state index >= 15 is 0 Å². The van der Waals surface area contributed by atoms with Crippen molar-refractivity contribution in [1.82, 2.24) is 9.80 Å². The molecule has 1 aliphatic heterocycles. The number of hydrogen-bond donors (Lipinski definition) is 2. The van der Waals surface area contributed by atoms with E-state index in [1.165, 1.54) is 11.9 Å². The molecule has 0 aliphatic carbocycles. The SMILES string of the molecule is CN(C(=O)C(=O)Nc1c(F)cccc1F)[C@@H](CC(C)(C)C)C(=O)N1C[C@@](C)(C(N)=O)C[C@H]1C#N. The number of likely N-dealkylation sites (N-methyl/N-ethyl adjacent to an activating group) is 1. The molecular weight excluding hydrogens is 448 g/mol. The molecule has 1 aliphatic rings. The van der Waals surface area contributed by atoms with E-state index in [-0.39, 0.29) is 19.4 Å². The van der Waals surface area contributed by atoms with Gasteiger partial charge < -0.3 is 20.9 Å². The molecule has 0 bridgehead atoms. The third kappa shape index (κ3) is 5.68. The molecule has 11 heteroatoms. The van der Waals surface area contributed by atoms with E-state index in [2.05, 4.69) is 0 Å². The second kappa shape index (κ2) is 9.75. The number of para-hydroxylation sites is 1. The maximum Gasteiger partial charge on any atom is 0.314 e. The maximum atomic E-state index is 13.9. The van der Waals surface area contributed by atoms with Gasteiger partial charge in [0.05, 0.1) is 11.5 Å². The average molecular weight is 478 g/mol. The summed E-state index contributed by atoms with van der Waals surface area (Å²) >= 11 is 0. The zero-order valence-corrected chi connectivity index (χ0v) is 19.8. The molecule has 1 aromatic rings. The van der Waals surface area contributed by atoms with Crippen molar-refractivity contribution in [3.05, 3.63) is 29.8 Å². The Morgan fingerprint density at radius 1 is 1.29 bits per heavy atom. The lowest BCUT2D eigenvalue weighted by Gasteiger charge is -2.35. The van der Waals surface area contributed by atoms with Crippen LogP contribution in [0.15, 0.2) is 18.2 Å². The van der Waals surface area contributed by atoms with Crippen molar-refractivity contribution in [1.29, 1.82) is 5.26 Å². The highest BCUT2D eigenvalue weighted by Gasteiger charge is 2.49. The largest absolute Gasteiger partial charge is 0.369 e. The molecule has 184 valence electrons. The highest BCUT2D eigenvalue weighted by atomic mass is 19.1. The van der Waals surface area contributed by atoms with Crippen molar-refractivity contribution in [2.24, 2.45) is 16.6 Å². The van der Waals surface area contributed by atoms with E-state index in [4.69, 9.17) is 5.73 Å². The Kier molecular flexibility index (Phi) is 7.66. The minimum atomic E-state index is -1.33. The molecule has 0 spiro atoms. The molecule has 0 radical (unpaired) electrons. The number of nitrogens with two attached hydrogens (primary N) is 1. The van der Waals surface area contributed by atoms with Gasteiger partial charge >= 0.3 is 11.8 Å². The Morgan fingerprint density at radius 2 is 1.85 bits per heavy atom. The van der Waals surface area contributed by atoms with Crippen LogP contribution in [0.5, 0.6) is 0 Å². The van der Waals surface area contributed by atoms with Gasteiger partial charge in [-0.05, 0) is 37.3 Å². The number of halogens is 2. The molecule has 9 nitrogen and oxygen atoms in total. The second-order valence-electron chi connectivity index (χ2n) is 9.99. The molecule has 0 unspecified atom stereocenters. The first kappa shape index (κ1) is 26.7. The van der Waals surface area contributed by atoms with Crippen molar-refractivity contribution >= 4 is 29.3 Å². The Balaban J connectivity index is 2.33. The van der Waals surface area contributed by atoms with Crippen LogP contribution in [0, 0.1) is 33.8 Å². The smallest absolute Gasteiger partial charge is 0.314 e. The van der Waals surface area contributed by atoms with Crippen molar-refractivity contribution in [3.63, 3.8) is 0 Å². The van der Waals surface area contributed by atoms with Gasteiger partial charge in [-0.15, -0.1) is 0 Å². The number of hydrogen-bond acceptors (Lipinski definition) is 5. The summed E-state index contributed by atoms with van der Waals surface area (Å²) in [6, 6.07) is 2.80. The first-order chi connectivity index (χ1) is 15.6. The number of carbonyl (C=O) groups is 4. The number of anilines is 1. The fraction of sp³-hybridized carbons (Fsp3) is 0.522. The molecule has 34 heavy (non-hydrogen) atoms. The molecule has 0 saturated carbocycles. The molecule has 4 amide bonds. The number of rotatable bonds is 5. The molecule has 2 rings (SSSR count). The number of nitrogens with zero attached hydrogens (tertiary/aromatic N) is 3. The number of amides is 4. The minimum absolute atomic E-state index is 0.0392. The summed E-state index contributed by atoms with van der Waals surface area (Å²) in [5, 5.41) is 11.5. The van der Waals surface area contributed by atoms with Gasteiger partial charge in [0.2, 0.25) is 11.8 Å². The van der Waals surface area contributed by atoms with Crippen molar-refractivity contribution in [2.45, 2.75) is 52.6 Å². The fourth-order valence-electron chi connectivity index (χ4n) is 3.86. The summed E-state index contributed by atoms with van der Waals surface area (Å²) < 4.78 is 27.8. The Morgan fingerprint density at radius 3 is 2.32 bits per heavy atom. The van der Waals surface area contributed by atoms with Crippen molar-refractivity contribution in [3.8, 4) is 6.07 Å². The zero-order valence-electron chi connectivity index (χ0n) is 19.8. The van der Waals surface area contributed by atoms with Gasteiger partial charge in [0.15, 0.2) is 0 Å². The number of primary amides is 1. The topological polar surface area (TPSA) is 137 Å². The van der Waals surface area contributed by atoms with E-state index in [1.54, 1.807) is 6.92 Å². The summed E-state index contributed by atoms with van der Waals surface area (Å²) in [6.07, 6.45) is 0.148. The highest BCUT2D eigenvalue weighted by molar-refractivity contribution is 6.39. The van der Waals surface area contributed by atoms with Gasteiger partial charge in [0, 0.05) is 13.6 Å². The third-order valence-electron chi connectivity index (χ3n) is 5.84. The lowest BCUT2D eigenvalue weighted by Crippen LogP contribution is -2.54. The molecule has 0 aromatic heterocycles. The van der Waals surface area contributed by atoms with E-state index in [0.29, 0.717) is 0 Å². The van der Waals surface area contributed by atoms with Gasteiger partial charge in [-0.25, -0.2) is 8.78 Å². The molecule has 1 fully saturated rings. The standard InChI is InChI=1S/C23H29F2N5O4/c1-22(2,3)10-16(19(32)30-12-23(4,21(27)34)9-13(30)11-26)29(5)20(33)18(31)28-17-14(24)7-6-8-15(17)25/h6-8,13,16H,9-10,12H2,1-5H3,(H2,27,34)(H,28,31)/t13-,16-,23-/m0/s1. The predicted molar refractivity (Wildman–Crippen MR) is 119 cm³/mol. The first-order valence-corrected chi connectivity index (χ1v) is 10.6. The summed E-state index contributed by atoms with van der Waals surface area (Å²) in [7, 11) is 1.22. The molecule has 3 N–H and O–H groups in total. The van der Waals surface area contributed by atoms with Crippen LogP contribution in [0.1, 0.15) is 40.5 Å². The highest BCUT2D eigenvalue weighted by Crippen LogP contribution is 2.36. The van der Waals surface area contributed by atoms with E-state index < -0.39 is 63.9 Å². The first-order valence-electron chi connectivity index (χ1n) is 10.6. The predicted octanol–water partition coefficient (Wildman–Crippen LogP) is 1.78. The number of nitriles is 1. The van der Waals surface area contributed by atoms with Crippen LogP contribution in [0.25, 0.3) is 0 Å². The van der Waals surface area contributed by atoms with E-state index in [1.807, 2.05) is 32.2 Å². The van der Waals surface area contributed by atoms with Gasteiger partial charge in [-0.2, -0.15) is 5.26 Å². The normalized spacial score (nSPS) is 20.9. The van der Waals surface area contributed by atoms with Crippen LogP contribution >= 0.6 is 0 Å². The lowest BCUT2D eigenvalue weighted by molar-refractivity contribution is -0.150. The van der Waals surface area contributed by atoms with E-state index in [0.717, 1.165) is 23.1 Å². The lowest BCUT2D eigenvalue weighted by atomic mass is 9.86. The van der Waals surface area contributed by atoms with Gasteiger partial charge in [0.25, 0.3) is 0 Å². The zero-order chi connectivity index (χ0) is 26.0. The van der Waals surface area contributed by atoms with Gasteiger partial charge in [-0.3, -0.25) is 19.2 Å². The van der Waals surface area contributed by atoms with Crippen LogP contribution in [-0.2, 0) is 19.2 Å². The molecule has 1 heterocycles. The number of nitrogens with one attached hydrogen (secondary N) is 1. The third-order valence-corrected chi connectivity index (χ3v) is 5.84. The summed E-state index contributed by atoms with van der Waals surface area (Å²) in [6.45, 7) is 6.89.